The molecule has 1 aromatic rings. The Kier molecular flexibility index (Phi) is 4.70. The highest BCUT2D eigenvalue weighted by Crippen LogP contribution is 2.17. The Morgan fingerprint density at radius 2 is 2.42 bits per heavy atom. The molecule has 19 heavy (non-hydrogen) atoms. The SMILES string of the molecule is O=C(O)C=Cc1csc(CNC(=O)C2CCOC2)c1. The zero-order valence-electron chi connectivity index (χ0n) is 10.3. The minimum atomic E-state index is -0.970. The molecule has 2 N–H and O–H groups in total. The molecule has 0 saturated carbocycles. The lowest BCUT2D eigenvalue weighted by Crippen LogP contribution is -2.30. The minimum Gasteiger partial charge on any atom is -0.478 e. The monoisotopic (exact) mass is 281 g/mol. The molecule has 6 heteroatoms. The van der Waals surface area contributed by atoms with Crippen molar-refractivity contribution in [3.63, 3.8) is 0 Å². The maximum Gasteiger partial charge on any atom is 0.328 e. The topological polar surface area (TPSA) is 75.6 Å². The van der Waals surface area contributed by atoms with Crippen molar-refractivity contribution < 1.29 is 19.4 Å². The number of carbonyl (C=O) groups excluding carboxylic acids is 1. The molecule has 1 unspecified atom stereocenters. The third-order valence-electron chi connectivity index (χ3n) is 2.83. The fraction of sp³-hybridized carbons (Fsp3) is 0.385. The van der Waals surface area contributed by atoms with E-state index in [9.17, 15) is 9.59 Å². The van der Waals surface area contributed by atoms with E-state index in [0.717, 1.165) is 22.9 Å². The standard InChI is InChI=1S/C13H15NO4S/c15-12(16)2-1-9-5-11(19-8-9)6-14-13(17)10-3-4-18-7-10/h1-2,5,8,10H,3-4,6-7H2,(H,14,17)(H,15,16). The molecule has 0 aromatic carbocycles. The molecule has 0 radical (unpaired) electrons. The lowest BCUT2D eigenvalue weighted by Gasteiger charge is -2.07. The van der Waals surface area contributed by atoms with Gasteiger partial charge in [0, 0.05) is 17.6 Å². The average Bonchev–Trinajstić information content (AvgIpc) is 3.04. The van der Waals surface area contributed by atoms with E-state index >= 15 is 0 Å². The molecule has 0 aliphatic carbocycles. The van der Waals surface area contributed by atoms with Gasteiger partial charge >= 0.3 is 5.97 Å². The summed E-state index contributed by atoms with van der Waals surface area (Å²) in [6, 6.07) is 1.87. The molecule has 1 aromatic heterocycles. The number of thiophene rings is 1. The van der Waals surface area contributed by atoms with E-state index in [-0.39, 0.29) is 11.8 Å². The smallest absolute Gasteiger partial charge is 0.328 e. The van der Waals surface area contributed by atoms with Crippen LogP contribution < -0.4 is 5.32 Å². The number of nitrogens with one attached hydrogen (secondary N) is 1. The van der Waals surface area contributed by atoms with Gasteiger partial charge in [-0.3, -0.25) is 4.79 Å². The summed E-state index contributed by atoms with van der Waals surface area (Å²) in [7, 11) is 0. The summed E-state index contributed by atoms with van der Waals surface area (Å²) in [5, 5.41) is 13.3. The molecule has 1 atom stereocenters. The molecule has 0 bridgehead atoms. The first-order valence-electron chi connectivity index (χ1n) is 5.99. The second kappa shape index (κ2) is 6.49. The number of ether oxygens (including phenoxy) is 1. The van der Waals surface area contributed by atoms with E-state index in [4.69, 9.17) is 9.84 Å². The van der Waals surface area contributed by atoms with Gasteiger partial charge in [0.25, 0.3) is 0 Å². The van der Waals surface area contributed by atoms with Gasteiger partial charge in [0.15, 0.2) is 0 Å². The maximum absolute atomic E-state index is 11.8. The van der Waals surface area contributed by atoms with Crippen molar-refractivity contribution in [2.24, 2.45) is 5.92 Å². The summed E-state index contributed by atoms with van der Waals surface area (Å²) in [6.07, 6.45) is 3.41. The van der Waals surface area contributed by atoms with E-state index in [1.165, 1.54) is 17.4 Å². The Bertz CT molecular complexity index is 489. The third kappa shape index (κ3) is 4.18. The number of rotatable bonds is 5. The van der Waals surface area contributed by atoms with Crippen LogP contribution in [-0.2, 0) is 20.9 Å². The minimum absolute atomic E-state index is 0.0218. The second-order valence-electron chi connectivity index (χ2n) is 4.30. The normalized spacial score (nSPS) is 18.8. The average molecular weight is 281 g/mol. The Labute approximate surface area is 114 Å². The van der Waals surface area contributed by atoms with Crippen molar-refractivity contribution in [1.82, 2.24) is 5.32 Å². The van der Waals surface area contributed by atoms with Crippen LogP contribution in [0.25, 0.3) is 6.08 Å². The summed E-state index contributed by atoms with van der Waals surface area (Å²) < 4.78 is 5.17. The molecule has 5 nitrogen and oxygen atoms in total. The van der Waals surface area contributed by atoms with E-state index in [0.29, 0.717) is 19.8 Å². The highest BCUT2D eigenvalue weighted by Gasteiger charge is 2.22. The van der Waals surface area contributed by atoms with Crippen LogP contribution in [0.2, 0.25) is 0 Å². The third-order valence-corrected chi connectivity index (χ3v) is 3.78. The largest absolute Gasteiger partial charge is 0.478 e. The number of aliphatic carboxylic acids is 1. The summed E-state index contributed by atoms with van der Waals surface area (Å²) in [6.45, 7) is 1.63. The van der Waals surface area contributed by atoms with Gasteiger partial charge in [0.05, 0.1) is 19.1 Å². The molecule has 1 saturated heterocycles. The summed E-state index contributed by atoms with van der Waals surface area (Å²) in [5.41, 5.74) is 0.834. The van der Waals surface area contributed by atoms with Crippen LogP contribution in [0.1, 0.15) is 16.9 Å². The predicted octanol–water partition coefficient (Wildman–Crippen LogP) is 1.50. The Morgan fingerprint density at radius 3 is 3.11 bits per heavy atom. The van der Waals surface area contributed by atoms with Crippen LogP contribution in [0, 0.1) is 5.92 Å². The molecule has 0 spiro atoms. The molecule has 102 valence electrons. The van der Waals surface area contributed by atoms with Crippen LogP contribution in [-0.4, -0.2) is 30.2 Å². The fourth-order valence-electron chi connectivity index (χ4n) is 1.81. The Balaban J connectivity index is 1.82. The van der Waals surface area contributed by atoms with Crippen LogP contribution >= 0.6 is 11.3 Å². The number of amides is 1. The molecule has 1 aliphatic rings. The van der Waals surface area contributed by atoms with Crippen molar-refractivity contribution in [3.8, 4) is 0 Å². The number of hydrogen-bond acceptors (Lipinski definition) is 4. The maximum atomic E-state index is 11.8. The van der Waals surface area contributed by atoms with Crippen LogP contribution in [0.5, 0.6) is 0 Å². The van der Waals surface area contributed by atoms with E-state index in [2.05, 4.69) is 5.32 Å². The van der Waals surface area contributed by atoms with Crippen molar-refractivity contribution in [1.29, 1.82) is 0 Å². The number of hydrogen-bond donors (Lipinski definition) is 2. The zero-order chi connectivity index (χ0) is 13.7. The lowest BCUT2D eigenvalue weighted by molar-refractivity contribution is -0.131. The van der Waals surface area contributed by atoms with Crippen molar-refractivity contribution >= 4 is 29.3 Å². The van der Waals surface area contributed by atoms with Gasteiger partial charge in [0.1, 0.15) is 0 Å². The highest BCUT2D eigenvalue weighted by molar-refractivity contribution is 7.10. The van der Waals surface area contributed by atoms with Gasteiger partial charge in [-0.25, -0.2) is 4.79 Å². The van der Waals surface area contributed by atoms with Gasteiger partial charge in [-0.1, -0.05) is 0 Å². The summed E-state index contributed by atoms with van der Waals surface area (Å²) in [4.78, 5) is 23.1. The first-order valence-corrected chi connectivity index (χ1v) is 6.87. The molecule has 1 amide bonds. The van der Waals surface area contributed by atoms with E-state index in [1.807, 2.05) is 11.4 Å². The Morgan fingerprint density at radius 1 is 1.58 bits per heavy atom. The van der Waals surface area contributed by atoms with Crippen LogP contribution in [0.3, 0.4) is 0 Å². The van der Waals surface area contributed by atoms with Gasteiger partial charge < -0.3 is 15.2 Å². The Hall–Kier alpha value is -1.66. The van der Waals surface area contributed by atoms with E-state index in [1.54, 1.807) is 0 Å². The van der Waals surface area contributed by atoms with Crippen molar-refractivity contribution in [2.45, 2.75) is 13.0 Å². The highest BCUT2D eigenvalue weighted by atomic mass is 32.1. The molecule has 1 aliphatic heterocycles. The first-order chi connectivity index (χ1) is 9.15. The number of carboxylic acids is 1. The number of carboxylic acid groups (broad SMARTS) is 1. The zero-order valence-corrected chi connectivity index (χ0v) is 11.1. The molecule has 2 rings (SSSR count). The van der Waals surface area contributed by atoms with Crippen molar-refractivity contribution in [3.05, 3.63) is 28.0 Å². The molecule has 1 fully saturated rings. The molecular weight excluding hydrogens is 266 g/mol. The second-order valence-corrected chi connectivity index (χ2v) is 5.29. The quantitative estimate of drug-likeness (QED) is 0.802. The molecule has 2 heterocycles. The lowest BCUT2D eigenvalue weighted by atomic mass is 10.1. The van der Waals surface area contributed by atoms with Crippen LogP contribution in [0.15, 0.2) is 17.5 Å². The fourth-order valence-corrected chi connectivity index (χ4v) is 2.60. The van der Waals surface area contributed by atoms with Gasteiger partial charge in [-0.15, -0.1) is 11.3 Å². The number of carbonyl (C=O) groups is 2. The predicted molar refractivity (Wildman–Crippen MR) is 71.8 cm³/mol. The van der Waals surface area contributed by atoms with Gasteiger partial charge in [-0.05, 0) is 29.5 Å². The van der Waals surface area contributed by atoms with E-state index < -0.39 is 5.97 Å². The van der Waals surface area contributed by atoms with Gasteiger partial charge in [-0.2, -0.15) is 0 Å². The molecular formula is C13H15NO4S. The first kappa shape index (κ1) is 13.8. The summed E-state index contributed by atoms with van der Waals surface area (Å²) in [5.74, 6) is -0.984. The van der Waals surface area contributed by atoms with Crippen molar-refractivity contribution in [2.75, 3.05) is 13.2 Å². The van der Waals surface area contributed by atoms with Crippen LogP contribution in [0.4, 0.5) is 0 Å². The van der Waals surface area contributed by atoms with Gasteiger partial charge in [0.2, 0.25) is 5.91 Å². The summed E-state index contributed by atoms with van der Waals surface area (Å²) >= 11 is 1.50.